The number of carbonyl (C=O) groups excluding carboxylic acids is 3. The molecule has 40 heavy (non-hydrogen) atoms. The molecule has 2 aromatic carbocycles. The van der Waals surface area contributed by atoms with Crippen molar-refractivity contribution in [2.45, 2.75) is 26.8 Å². The SMILES string of the molecule is CCN(CC)C(=O)c1ccc(-n2c(C(=O)N(C)C)c3c(c(O)c2=O)C(=O)N(Cc2ccc(F)c(Cl)c2)CC3)cc1. The summed E-state index contributed by atoms with van der Waals surface area (Å²) in [5.74, 6) is -2.69. The lowest BCUT2D eigenvalue weighted by atomic mass is 9.95. The lowest BCUT2D eigenvalue weighted by Crippen LogP contribution is -2.42. The van der Waals surface area contributed by atoms with Crippen LogP contribution in [0.15, 0.2) is 47.3 Å². The van der Waals surface area contributed by atoms with Crippen LogP contribution >= 0.6 is 11.6 Å². The van der Waals surface area contributed by atoms with Crippen molar-refractivity contribution in [2.24, 2.45) is 0 Å². The van der Waals surface area contributed by atoms with Crippen LogP contribution in [0, 0.1) is 5.82 Å². The van der Waals surface area contributed by atoms with Crippen LogP contribution in [0.2, 0.25) is 5.02 Å². The molecule has 1 aliphatic rings. The second kappa shape index (κ2) is 11.5. The number of nitrogens with zero attached hydrogens (tertiary/aromatic N) is 4. The fourth-order valence-electron chi connectivity index (χ4n) is 4.83. The number of amides is 3. The summed E-state index contributed by atoms with van der Waals surface area (Å²) in [4.78, 5) is 57.6. The maximum atomic E-state index is 13.6. The fraction of sp³-hybridized carbons (Fsp3) is 0.310. The molecule has 2 heterocycles. The minimum atomic E-state index is -0.938. The Kier molecular flexibility index (Phi) is 8.29. The summed E-state index contributed by atoms with van der Waals surface area (Å²) < 4.78 is 14.7. The molecule has 4 rings (SSSR count). The Hall–Kier alpha value is -4.18. The second-order valence-corrected chi connectivity index (χ2v) is 10.0. The van der Waals surface area contributed by atoms with E-state index in [0.29, 0.717) is 24.2 Å². The van der Waals surface area contributed by atoms with E-state index in [0.717, 1.165) is 4.57 Å². The molecule has 0 spiro atoms. The quantitative estimate of drug-likeness (QED) is 0.468. The minimum absolute atomic E-state index is 0.0385. The molecule has 210 valence electrons. The Morgan fingerprint density at radius 1 is 1.02 bits per heavy atom. The van der Waals surface area contributed by atoms with Crippen LogP contribution in [0.3, 0.4) is 0 Å². The fourth-order valence-corrected chi connectivity index (χ4v) is 5.03. The number of carbonyl (C=O) groups is 3. The standard InChI is InChI=1S/C29H30ClFN4O5/c1-5-33(6-2)26(37)18-8-10-19(11-9-18)35-24(28(39)32(3)4)20-13-14-34(27(38)23(20)25(36)29(35)40)16-17-7-12-22(31)21(30)15-17/h7-12,15,36H,5-6,13-14,16H2,1-4H3. The Bertz CT molecular complexity index is 1550. The van der Waals surface area contributed by atoms with E-state index in [1.807, 2.05) is 13.8 Å². The van der Waals surface area contributed by atoms with Gasteiger partial charge in [-0.3, -0.25) is 23.7 Å². The molecule has 0 unspecified atom stereocenters. The molecular weight excluding hydrogens is 539 g/mol. The lowest BCUT2D eigenvalue weighted by Gasteiger charge is -2.31. The number of rotatable bonds is 7. The van der Waals surface area contributed by atoms with Gasteiger partial charge in [-0.2, -0.15) is 0 Å². The second-order valence-electron chi connectivity index (χ2n) is 9.64. The van der Waals surface area contributed by atoms with Gasteiger partial charge >= 0.3 is 0 Å². The predicted molar refractivity (Wildman–Crippen MR) is 149 cm³/mol. The van der Waals surface area contributed by atoms with E-state index < -0.39 is 28.9 Å². The zero-order chi connectivity index (χ0) is 29.3. The van der Waals surface area contributed by atoms with E-state index in [-0.39, 0.29) is 52.9 Å². The van der Waals surface area contributed by atoms with Crippen LogP contribution in [0.5, 0.6) is 5.75 Å². The topological polar surface area (TPSA) is 103 Å². The van der Waals surface area contributed by atoms with E-state index in [2.05, 4.69) is 0 Å². The summed E-state index contributed by atoms with van der Waals surface area (Å²) in [5.41, 5.74) is 0.280. The van der Waals surface area contributed by atoms with Gasteiger partial charge in [0.15, 0.2) is 5.75 Å². The van der Waals surface area contributed by atoms with E-state index in [4.69, 9.17) is 11.6 Å². The highest BCUT2D eigenvalue weighted by molar-refractivity contribution is 6.30. The zero-order valence-electron chi connectivity index (χ0n) is 22.7. The van der Waals surface area contributed by atoms with Gasteiger partial charge in [0.25, 0.3) is 23.3 Å². The molecule has 1 aliphatic heterocycles. The molecule has 3 amide bonds. The van der Waals surface area contributed by atoms with Gasteiger partial charge in [0, 0.05) is 57.1 Å². The van der Waals surface area contributed by atoms with Crippen molar-refractivity contribution in [3.63, 3.8) is 0 Å². The van der Waals surface area contributed by atoms with Crippen molar-refractivity contribution in [1.29, 1.82) is 0 Å². The number of halogens is 2. The summed E-state index contributed by atoms with van der Waals surface area (Å²) in [7, 11) is 3.05. The number of aromatic hydroxyl groups is 1. The monoisotopic (exact) mass is 568 g/mol. The van der Waals surface area contributed by atoms with Crippen LogP contribution in [0.25, 0.3) is 5.69 Å². The lowest BCUT2D eigenvalue weighted by molar-refractivity contribution is 0.0718. The number of fused-ring (bicyclic) bond motifs is 1. The number of hydrogen-bond donors (Lipinski definition) is 1. The van der Waals surface area contributed by atoms with Crippen molar-refractivity contribution < 1.29 is 23.9 Å². The van der Waals surface area contributed by atoms with Crippen LogP contribution in [0.1, 0.15) is 56.2 Å². The molecule has 1 aromatic heterocycles. The maximum Gasteiger partial charge on any atom is 0.298 e. The Balaban J connectivity index is 1.81. The first-order valence-electron chi connectivity index (χ1n) is 12.8. The van der Waals surface area contributed by atoms with Gasteiger partial charge in [0.05, 0.1) is 10.6 Å². The van der Waals surface area contributed by atoms with Gasteiger partial charge in [-0.1, -0.05) is 17.7 Å². The summed E-state index contributed by atoms with van der Waals surface area (Å²) in [6, 6.07) is 10.3. The number of aromatic nitrogens is 1. The third-order valence-corrected chi connectivity index (χ3v) is 7.27. The first kappa shape index (κ1) is 28.8. The van der Waals surface area contributed by atoms with Crippen molar-refractivity contribution in [3.8, 4) is 11.4 Å². The molecule has 3 aromatic rings. The molecule has 0 aliphatic carbocycles. The number of hydrogen-bond acceptors (Lipinski definition) is 5. The van der Waals surface area contributed by atoms with Gasteiger partial charge in [-0.25, -0.2) is 4.39 Å². The molecule has 0 fully saturated rings. The minimum Gasteiger partial charge on any atom is -0.502 e. The van der Waals surface area contributed by atoms with Crippen LogP contribution < -0.4 is 5.56 Å². The molecule has 0 atom stereocenters. The van der Waals surface area contributed by atoms with Crippen molar-refractivity contribution >= 4 is 29.3 Å². The van der Waals surface area contributed by atoms with Crippen LogP contribution in [-0.2, 0) is 13.0 Å². The maximum absolute atomic E-state index is 13.6. The normalized spacial score (nSPS) is 12.8. The third kappa shape index (κ3) is 5.19. The van der Waals surface area contributed by atoms with Gasteiger partial charge in [0.2, 0.25) is 0 Å². The molecule has 11 heteroatoms. The average Bonchev–Trinajstić information content (AvgIpc) is 2.94. The highest BCUT2D eigenvalue weighted by Crippen LogP contribution is 2.31. The van der Waals surface area contributed by atoms with Gasteiger partial charge in [0.1, 0.15) is 11.5 Å². The first-order chi connectivity index (χ1) is 19.0. The van der Waals surface area contributed by atoms with Crippen LogP contribution in [-0.4, -0.2) is 75.8 Å². The van der Waals surface area contributed by atoms with Crippen molar-refractivity contribution in [1.82, 2.24) is 19.3 Å². The van der Waals surface area contributed by atoms with Crippen molar-refractivity contribution in [3.05, 3.63) is 91.6 Å². The average molecular weight is 569 g/mol. The van der Waals surface area contributed by atoms with Crippen molar-refractivity contribution in [2.75, 3.05) is 33.7 Å². The zero-order valence-corrected chi connectivity index (χ0v) is 23.5. The summed E-state index contributed by atoms with van der Waals surface area (Å²) in [5, 5.41) is 10.9. The molecular formula is C29H30ClFN4O5. The molecule has 0 bridgehead atoms. The van der Waals surface area contributed by atoms with E-state index in [9.17, 15) is 28.7 Å². The van der Waals surface area contributed by atoms with E-state index in [1.54, 1.807) is 17.0 Å². The van der Waals surface area contributed by atoms with Crippen LogP contribution in [0.4, 0.5) is 4.39 Å². The largest absolute Gasteiger partial charge is 0.502 e. The Morgan fingerprint density at radius 3 is 2.25 bits per heavy atom. The summed E-state index contributed by atoms with van der Waals surface area (Å²) >= 11 is 5.89. The molecule has 1 N–H and O–H groups in total. The first-order valence-corrected chi connectivity index (χ1v) is 13.2. The molecule has 0 radical (unpaired) electrons. The Labute approximate surface area is 236 Å². The van der Waals surface area contributed by atoms with E-state index in [1.165, 1.54) is 54.2 Å². The van der Waals surface area contributed by atoms with Gasteiger partial charge < -0.3 is 19.8 Å². The summed E-state index contributed by atoms with van der Waals surface area (Å²) in [6.07, 6.45) is 0.178. The van der Waals surface area contributed by atoms with Gasteiger partial charge in [-0.05, 0) is 62.2 Å². The third-order valence-electron chi connectivity index (χ3n) is 6.98. The smallest absolute Gasteiger partial charge is 0.298 e. The summed E-state index contributed by atoms with van der Waals surface area (Å²) in [6.45, 7) is 5.08. The van der Waals surface area contributed by atoms with E-state index >= 15 is 0 Å². The Morgan fingerprint density at radius 2 is 1.68 bits per heavy atom. The van der Waals surface area contributed by atoms with Gasteiger partial charge in [-0.15, -0.1) is 0 Å². The predicted octanol–water partition coefficient (Wildman–Crippen LogP) is 3.72. The number of benzene rings is 2. The molecule has 9 nitrogen and oxygen atoms in total. The molecule has 0 saturated heterocycles. The number of pyridine rings is 1. The highest BCUT2D eigenvalue weighted by atomic mass is 35.5. The molecule has 0 saturated carbocycles. The highest BCUT2D eigenvalue weighted by Gasteiger charge is 2.36.